The van der Waals surface area contributed by atoms with E-state index in [0.29, 0.717) is 24.2 Å². The Labute approximate surface area is 119 Å². The molecule has 0 N–H and O–H groups in total. The molecule has 0 aliphatic heterocycles. The lowest BCUT2D eigenvalue weighted by Gasteiger charge is -2.19. The molecule has 0 fully saturated rings. The smallest absolute Gasteiger partial charge is 0.0738 e. The van der Waals surface area contributed by atoms with Gasteiger partial charge in [-0.15, -0.1) is 0 Å². The maximum Gasteiger partial charge on any atom is 0.0738 e. The molecule has 0 saturated heterocycles. The van der Waals surface area contributed by atoms with Gasteiger partial charge in [0.1, 0.15) is 0 Å². The van der Waals surface area contributed by atoms with Gasteiger partial charge >= 0.3 is 0 Å². The third-order valence-electron chi connectivity index (χ3n) is 4.01. The molecule has 0 aromatic carbocycles. The van der Waals surface area contributed by atoms with Crippen LogP contribution in [-0.2, 0) is 0 Å². The number of hydrogen-bond acceptors (Lipinski definition) is 2. The molecule has 19 heavy (non-hydrogen) atoms. The molecule has 0 radical (unpaired) electrons. The first-order chi connectivity index (χ1) is 8.88. The summed E-state index contributed by atoms with van der Waals surface area (Å²) >= 11 is 0. The second kappa shape index (κ2) is 8.91. The second-order valence-corrected chi connectivity index (χ2v) is 5.78. The van der Waals surface area contributed by atoms with E-state index in [1.165, 1.54) is 11.3 Å². The number of rotatable bonds is 7. The molecule has 1 unspecified atom stereocenters. The Balaban J connectivity index is 5.57. The first kappa shape index (κ1) is 17.9. The third kappa shape index (κ3) is 5.59. The van der Waals surface area contributed by atoms with Gasteiger partial charge in [0, 0.05) is 11.4 Å². The second-order valence-electron chi connectivity index (χ2n) is 5.78. The van der Waals surface area contributed by atoms with Crippen LogP contribution in [0.2, 0.25) is 0 Å². The average Bonchev–Trinajstić information content (AvgIpc) is 2.40. The summed E-state index contributed by atoms with van der Waals surface area (Å²) in [5.41, 5.74) is 3.59. The van der Waals surface area contributed by atoms with Crippen molar-refractivity contribution in [2.45, 2.75) is 67.7 Å². The van der Waals surface area contributed by atoms with E-state index in [2.05, 4.69) is 54.5 Å². The van der Waals surface area contributed by atoms with Crippen molar-refractivity contribution in [3.05, 3.63) is 11.3 Å². The zero-order valence-electron chi connectivity index (χ0n) is 13.7. The van der Waals surface area contributed by atoms with Crippen LogP contribution in [0, 0.1) is 29.1 Å². The summed E-state index contributed by atoms with van der Waals surface area (Å²) in [6, 6.07) is 2.26. The van der Waals surface area contributed by atoms with Crippen molar-refractivity contribution < 1.29 is 0 Å². The summed E-state index contributed by atoms with van der Waals surface area (Å²) in [7, 11) is 0. The molecule has 0 heterocycles. The van der Waals surface area contributed by atoms with Crippen molar-refractivity contribution in [1.29, 1.82) is 5.26 Å². The van der Waals surface area contributed by atoms with Crippen molar-refractivity contribution in [2.24, 2.45) is 22.7 Å². The molecule has 0 saturated carbocycles. The Kier molecular flexibility index (Phi) is 8.39. The van der Waals surface area contributed by atoms with Crippen LogP contribution < -0.4 is 0 Å². The average molecular weight is 262 g/mol. The predicted octanol–water partition coefficient (Wildman–Crippen LogP) is 5.36. The van der Waals surface area contributed by atoms with E-state index >= 15 is 0 Å². The SMILES string of the molecule is CCC(C)/C(C)=C(/N=C(CC#N)[C@H](C)CC)C(C)C. The fourth-order valence-corrected chi connectivity index (χ4v) is 2.03. The van der Waals surface area contributed by atoms with Gasteiger partial charge in [0.2, 0.25) is 0 Å². The number of nitrogens with zero attached hydrogens (tertiary/aromatic N) is 2. The molecule has 2 heteroatoms. The lowest BCUT2D eigenvalue weighted by molar-refractivity contribution is 0.618. The predicted molar refractivity (Wildman–Crippen MR) is 84.1 cm³/mol. The Morgan fingerprint density at radius 1 is 1.05 bits per heavy atom. The minimum atomic E-state index is 0.387. The topological polar surface area (TPSA) is 36.1 Å². The highest BCUT2D eigenvalue weighted by atomic mass is 14.8. The Morgan fingerprint density at radius 2 is 1.58 bits per heavy atom. The number of hydrogen-bond donors (Lipinski definition) is 0. The van der Waals surface area contributed by atoms with Crippen LogP contribution in [-0.4, -0.2) is 5.71 Å². The van der Waals surface area contributed by atoms with Gasteiger partial charge in [0.25, 0.3) is 0 Å². The van der Waals surface area contributed by atoms with Crippen LogP contribution in [0.1, 0.15) is 67.7 Å². The molecule has 2 nitrogen and oxygen atoms in total. The zero-order valence-corrected chi connectivity index (χ0v) is 13.7. The van der Waals surface area contributed by atoms with Crippen molar-refractivity contribution in [1.82, 2.24) is 0 Å². The van der Waals surface area contributed by atoms with Gasteiger partial charge < -0.3 is 0 Å². The van der Waals surface area contributed by atoms with E-state index in [0.717, 1.165) is 18.6 Å². The molecule has 0 bridgehead atoms. The lowest BCUT2D eigenvalue weighted by atomic mass is 9.93. The summed E-state index contributed by atoms with van der Waals surface area (Å²) in [6.45, 7) is 15.3. The van der Waals surface area contributed by atoms with E-state index in [9.17, 15) is 0 Å². The minimum Gasteiger partial charge on any atom is -0.261 e. The van der Waals surface area contributed by atoms with E-state index in [4.69, 9.17) is 10.3 Å². The standard InChI is InChI=1S/C17H30N2/c1-8-13(5)15(7)17(12(3)4)19-16(10-11-18)14(6)9-2/h12-14H,8-10H2,1-7H3/b17-15+,19-16?/t13?,14-/m1/s1. The highest BCUT2D eigenvalue weighted by Gasteiger charge is 2.15. The number of allylic oxidation sites excluding steroid dienone is 2. The largest absolute Gasteiger partial charge is 0.261 e. The van der Waals surface area contributed by atoms with Gasteiger partial charge in [0.15, 0.2) is 0 Å². The number of aliphatic imine (C=N–C) groups is 1. The highest BCUT2D eigenvalue weighted by molar-refractivity contribution is 5.89. The Hall–Kier alpha value is -1.10. The van der Waals surface area contributed by atoms with Gasteiger partial charge in [-0.2, -0.15) is 5.26 Å². The molecule has 0 aromatic heterocycles. The summed E-state index contributed by atoms with van der Waals surface area (Å²) in [5.74, 6) is 1.35. The fraction of sp³-hybridized carbons (Fsp3) is 0.765. The van der Waals surface area contributed by atoms with Crippen LogP contribution in [0.3, 0.4) is 0 Å². The number of nitriles is 1. The Bertz CT molecular complexity index is 369. The molecule has 0 spiro atoms. The van der Waals surface area contributed by atoms with Crippen molar-refractivity contribution in [2.75, 3.05) is 0 Å². The first-order valence-corrected chi connectivity index (χ1v) is 7.53. The van der Waals surface area contributed by atoms with Crippen molar-refractivity contribution in [3.8, 4) is 6.07 Å². The molecule has 0 aliphatic carbocycles. The maximum atomic E-state index is 8.98. The minimum absolute atomic E-state index is 0.387. The molecule has 108 valence electrons. The van der Waals surface area contributed by atoms with Crippen molar-refractivity contribution in [3.63, 3.8) is 0 Å². The highest BCUT2D eigenvalue weighted by Crippen LogP contribution is 2.25. The van der Waals surface area contributed by atoms with Gasteiger partial charge in [0.05, 0.1) is 12.5 Å². The van der Waals surface area contributed by atoms with E-state index in [-0.39, 0.29) is 0 Å². The van der Waals surface area contributed by atoms with E-state index in [1.807, 2.05) is 0 Å². The molecular formula is C17H30N2. The van der Waals surface area contributed by atoms with Crippen LogP contribution in [0.15, 0.2) is 16.3 Å². The maximum absolute atomic E-state index is 8.98. The third-order valence-corrected chi connectivity index (χ3v) is 4.01. The van der Waals surface area contributed by atoms with Crippen LogP contribution in [0.5, 0.6) is 0 Å². The summed E-state index contributed by atoms with van der Waals surface area (Å²) in [4.78, 5) is 4.88. The van der Waals surface area contributed by atoms with Crippen LogP contribution in [0.25, 0.3) is 0 Å². The normalized spacial score (nSPS) is 16.9. The summed E-state index contributed by atoms with van der Waals surface area (Å²) in [5, 5.41) is 8.98. The molecule has 0 amide bonds. The quantitative estimate of drug-likeness (QED) is 0.569. The molecule has 0 aliphatic rings. The van der Waals surface area contributed by atoms with Crippen molar-refractivity contribution >= 4 is 5.71 Å². The van der Waals surface area contributed by atoms with Gasteiger partial charge in [-0.1, -0.05) is 41.5 Å². The summed E-state index contributed by atoms with van der Waals surface area (Å²) in [6.07, 6.45) is 2.61. The summed E-state index contributed by atoms with van der Waals surface area (Å²) < 4.78 is 0. The van der Waals surface area contributed by atoms with Crippen LogP contribution in [0.4, 0.5) is 0 Å². The Morgan fingerprint density at radius 3 is 1.95 bits per heavy atom. The lowest BCUT2D eigenvalue weighted by Crippen LogP contribution is -2.12. The molecule has 0 rings (SSSR count). The molecule has 2 atom stereocenters. The first-order valence-electron chi connectivity index (χ1n) is 7.53. The fourth-order valence-electron chi connectivity index (χ4n) is 2.03. The van der Waals surface area contributed by atoms with Crippen LogP contribution >= 0.6 is 0 Å². The monoisotopic (exact) mass is 262 g/mol. The zero-order chi connectivity index (χ0) is 15.0. The molecular weight excluding hydrogens is 232 g/mol. The van der Waals surface area contributed by atoms with Gasteiger partial charge in [-0.3, -0.25) is 4.99 Å². The van der Waals surface area contributed by atoms with E-state index < -0.39 is 0 Å². The van der Waals surface area contributed by atoms with E-state index in [1.54, 1.807) is 0 Å². The van der Waals surface area contributed by atoms with Gasteiger partial charge in [-0.05, 0) is 43.1 Å². The van der Waals surface area contributed by atoms with Gasteiger partial charge in [-0.25, -0.2) is 0 Å². The molecule has 0 aromatic rings.